The molecule has 2 aliphatic heterocycles. The third kappa shape index (κ3) is 3.01. The number of aryl methyl sites for hydroxylation is 1. The summed E-state index contributed by atoms with van der Waals surface area (Å²) >= 11 is 1.86. The number of fused-ring (bicyclic) bond motifs is 1. The number of hydrogen-bond donors (Lipinski definition) is 0. The largest absolute Gasteiger partial charge is 0.298 e. The standard InChI is InChI=1S/C15H25N3S/c1-3-13-9-17-7-5-4-6-14(17)10-18(13)11-15-8-16-12(2)19-15/h8,13-14H,3-7,9-11H2,1-2H3. The molecule has 0 amide bonds. The predicted octanol–water partition coefficient (Wildman–Crippen LogP) is 2.90. The summed E-state index contributed by atoms with van der Waals surface area (Å²) in [6.07, 6.45) is 7.56. The summed E-state index contributed by atoms with van der Waals surface area (Å²) in [6.45, 7) is 9.40. The molecule has 2 aliphatic rings. The summed E-state index contributed by atoms with van der Waals surface area (Å²) in [4.78, 5) is 11.3. The van der Waals surface area contributed by atoms with Crippen molar-refractivity contribution in [2.45, 2.75) is 58.2 Å². The van der Waals surface area contributed by atoms with Crippen LogP contribution in [0.15, 0.2) is 6.20 Å². The molecule has 19 heavy (non-hydrogen) atoms. The van der Waals surface area contributed by atoms with Gasteiger partial charge in [-0.15, -0.1) is 11.3 Å². The highest BCUT2D eigenvalue weighted by atomic mass is 32.1. The van der Waals surface area contributed by atoms with E-state index >= 15 is 0 Å². The maximum Gasteiger partial charge on any atom is 0.0897 e. The Morgan fingerprint density at radius 3 is 3.00 bits per heavy atom. The SMILES string of the molecule is CCC1CN2CCCCC2CN1Cc1cnc(C)s1. The van der Waals surface area contributed by atoms with Crippen LogP contribution in [0.3, 0.4) is 0 Å². The van der Waals surface area contributed by atoms with E-state index < -0.39 is 0 Å². The van der Waals surface area contributed by atoms with Crippen LogP contribution in [0, 0.1) is 6.92 Å². The van der Waals surface area contributed by atoms with Crippen LogP contribution in [0.25, 0.3) is 0 Å². The van der Waals surface area contributed by atoms with Gasteiger partial charge in [-0.05, 0) is 32.7 Å². The molecule has 0 N–H and O–H groups in total. The molecule has 0 aliphatic carbocycles. The molecule has 2 fully saturated rings. The smallest absolute Gasteiger partial charge is 0.0897 e. The van der Waals surface area contributed by atoms with E-state index in [1.807, 2.05) is 11.3 Å². The molecule has 3 rings (SSSR count). The van der Waals surface area contributed by atoms with E-state index in [0.29, 0.717) is 0 Å². The van der Waals surface area contributed by atoms with Crippen LogP contribution in [0.5, 0.6) is 0 Å². The molecule has 1 aromatic rings. The quantitative estimate of drug-likeness (QED) is 0.848. The third-order valence-electron chi connectivity index (χ3n) is 4.66. The molecule has 4 heteroatoms. The van der Waals surface area contributed by atoms with Crippen molar-refractivity contribution in [1.82, 2.24) is 14.8 Å². The average Bonchev–Trinajstić information content (AvgIpc) is 2.83. The van der Waals surface area contributed by atoms with Crippen LogP contribution in [-0.2, 0) is 6.54 Å². The molecule has 2 saturated heterocycles. The van der Waals surface area contributed by atoms with Gasteiger partial charge < -0.3 is 0 Å². The first-order chi connectivity index (χ1) is 9.26. The van der Waals surface area contributed by atoms with Gasteiger partial charge in [0.1, 0.15) is 0 Å². The van der Waals surface area contributed by atoms with E-state index in [1.165, 1.54) is 55.2 Å². The van der Waals surface area contributed by atoms with Gasteiger partial charge in [0, 0.05) is 42.8 Å². The van der Waals surface area contributed by atoms with Crippen molar-refractivity contribution in [3.05, 3.63) is 16.1 Å². The number of nitrogens with zero attached hydrogens (tertiary/aromatic N) is 3. The minimum absolute atomic E-state index is 0.733. The van der Waals surface area contributed by atoms with Crippen molar-refractivity contribution in [3.63, 3.8) is 0 Å². The monoisotopic (exact) mass is 279 g/mol. The number of aromatic nitrogens is 1. The highest BCUT2D eigenvalue weighted by Crippen LogP contribution is 2.27. The van der Waals surface area contributed by atoms with Crippen molar-refractivity contribution >= 4 is 11.3 Å². The highest BCUT2D eigenvalue weighted by molar-refractivity contribution is 7.11. The lowest BCUT2D eigenvalue weighted by Gasteiger charge is -2.48. The van der Waals surface area contributed by atoms with Gasteiger partial charge in [-0.3, -0.25) is 9.80 Å². The predicted molar refractivity (Wildman–Crippen MR) is 80.6 cm³/mol. The minimum atomic E-state index is 0.733. The van der Waals surface area contributed by atoms with E-state index in [9.17, 15) is 0 Å². The van der Waals surface area contributed by atoms with Crippen molar-refractivity contribution in [1.29, 1.82) is 0 Å². The molecular weight excluding hydrogens is 254 g/mol. The molecule has 3 nitrogen and oxygen atoms in total. The van der Waals surface area contributed by atoms with Gasteiger partial charge in [0.15, 0.2) is 0 Å². The topological polar surface area (TPSA) is 19.4 Å². The minimum Gasteiger partial charge on any atom is -0.298 e. The fourth-order valence-corrected chi connectivity index (χ4v) is 4.39. The molecule has 0 aromatic carbocycles. The van der Waals surface area contributed by atoms with Gasteiger partial charge in [0.05, 0.1) is 5.01 Å². The average molecular weight is 279 g/mol. The van der Waals surface area contributed by atoms with Crippen LogP contribution in [0.1, 0.15) is 42.5 Å². The van der Waals surface area contributed by atoms with E-state index in [-0.39, 0.29) is 0 Å². The zero-order chi connectivity index (χ0) is 13.2. The van der Waals surface area contributed by atoms with Crippen LogP contribution in [0.4, 0.5) is 0 Å². The van der Waals surface area contributed by atoms with Gasteiger partial charge in [0.2, 0.25) is 0 Å². The molecule has 0 radical (unpaired) electrons. The second-order valence-electron chi connectivity index (χ2n) is 5.98. The number of piperidine rings is 1. The highest BCUT2D eigenvalue weighted by Gasteiger charge is 2.34. The Balaban J connectivity index is 1.68. The second-order valence-corrected chi connectivity index (χ2v) is 7.30. The van der Waals surface area contributed by atoms with Crippen molar-refractivity contribution < 1.29 is 0 Å². The van der Waals surface area contributed by atoms with Gasteiger partial charge in [-0.25, -0.2) is 4.98 Å². The van der Waals surface area contributed by atoms with E-state index in [2.05, 4.69) is 34.8 Å². The van der Waals surface area contributed by atoms with Crippen LogP contribution < -0.4 is 0 Å². The van der Waals surface area contributed by atoms with Gasteiger partial charge >= 0.3 is 0 Å². The van der Waals surface area contributed by atoms with Crippen molar-refractivity contribution in [2.24, 2.45) is 0 Å². The Labute approximate surface area is 120 Å². The maximum atomic E-state index is 4.40. The Morgan fingerprint density at radius 1 is 1.37 bits per heavy atom. The van der Waals surface area contributed by atoms with Crippen molar-refractivity contribution in [2.75, 3.05) is 19.6 Å². The Bertz CT molecular complexity index is 417. The zero-order valence-electron chi connectivity index (χ0n) is 12.1. The number of piperazine rings is 1. The third-order valence-corrected chi connectivity index (χ3v) is 5.55. The van der Waals surface area contributed by atoms with Crippen LogP contribution >= 0.6 is 11.3 Å². The summed E-state index contributed by atoms with van der Waals surface area (Å²) in [5.74, 6) is 0. The Kier molecular flexibility index (Phi) is 4.20. The summed E-state index contributed by atoms with van der Waals surface area (Å²) < 4.78 is 0. The summed E-state index contributed by atoms with van der Waals surface area (Å²) in [6, 6.07) is 1.54. The molecule has 0 spiro atoms. The molecule has 1 aromatic heterocycles. The summed E-state index contributed by atoms with van der Waals surface area (Å²) in [5, 5.41) is 1.19. The lowest BCUT2D eigenvalue weighted by atomic mass is 9.96. The van der Waals surface area contributed by atoms with E-state index in [0.717, 1.165) is 18.6 Å². The van der Waals surface area contributed by atoms with Crippen LogP contribution in [0.2, 0.25) is 0 Å². The molecule has 3 heterocycles. The maximum absolute atomic E-state index is 4.40. The summed E-state index contributed by atoms with van der Waals surface area (Å²) in [7, 11) is 0. The lowest BCUT2D eigenvalue weighted by Crippen LogP contribution is -2.58. The van der Waals surface area contributed by atoms with Crippen LogP contribution in [-0.4, -0.2) is 46.5 Å². The molecule has 0 bridgehead atoms. The lowest BCUT2D eigenvalue weighted by molar-refractivity contribution is 0.00374. The molecular formula is C15H25N3S. The first-order valence-corrected chi connectivity index (χ1v) is 8.47. The van der Waals surface area contributed by atoms with E-state index in [4.69, 9.17) is 0 Å². The Hall–Kier alpha value is -0.450. The fourth-order valence-electron chi connectivity index (χ4n) is 3.57. The first-order valence-electron chi connectivity index (χ1n) is 7.65. The molecule has 2 atom stereocenters. The number of hydrogen-bond acceptors (Lipinski definition) is 4. The summed E-state index contributed by atoms with van der Waals surface area (Å²) in [5.41, 5.74) is 0. The zero-order valence-corrected chi connectivity index (χ0v) is 13.0. The first kappa shape index (κ1) is 13.5. The van der Waals surface area contributed by atoms with Gasteiger partial charge in [0.25, 0.3) is 0 Å². The normalized spacial score (nSPS) is 29.4. The van der Waals surface area contributed by atoms with E-state index in [1.54, 1.807) is 0 Å². The van der Waals surface area contributed by atoms with Gasteiger partial charge in [-0.2, -0.15) is 0 Å². The van der Waals surface area contributed by atoms with Crippen molar-refractivity contribution in [3.8, 4) is 0 Å². The number of rotatable bonds is 3. The number of thiazole rings is 1. The van der Waals surface area contributed by atoms with Gasteiger partial charge in [-0.1, -0.05) is 13.3 Å². The molecule has 106 valence electrons. The molecule has 0 saturated carbocycles. The fraction of sp³-hybridized carbons (Fsp3) is 0.800. The second kappa shape index (κ2) is 5.90. The molecule has 2 unspecified atom stereocenters. The Morgan fingerprint density at radius 2 is 2.26 bits per heavy atom.